The van der Waals surface area contributed by atoms with Gasteiger partial charge in [-0.15, -0.1) is 0 Å². The summed E-state index contributed by atoms with van der Waals surface area (Å²) in [6.07, 6.45) is 2.25. The van der Waals surface area contributed by atoms with Gasteiger partial charge in [0.05, 0.1) is 0 Å². The van der Waals surface area contributed by atoms with E-state index in [9.17, 15) is 9.59 Å². The van der Waals surface area contributed by atoms with Gasteiger partial charge in [-0.2, -0.15) is 0 Å². The summed E-state index contributed by atoms with van der Waals surface area (Å²) in [5.41, 5.74) is 5.34. The molecule has 0 saturated carbocycles. The van der Waals surface area contributed by atoms with Gasteiger partial charge in [0.25, 0.3) is 5.91 Å². The van der Waals surface area contributed by atoms with Crippen LogP contribution in [0.1, 0.15) is 37.6 Å². The van der Waals surface area contributed by atoms with E-state index in [-0.39, 0.29) is 11.5 Å². The van der Waals surface area contributed by atoms with E-state index >= 15 is 0 Å². The minimum atomic E-state index is -0.451. The van der Waals surface area contributed by atoms with Crippen molar-refractivity contribution >= 4 is 5.91 Å². The average molecular weight is 251 g/mol. The van der Waals surface area contributed by atoms with E-state index < -0.39 is 5.54 Å². The lowest BCUT2D eigenvalue weighted by Crippen LogP contribution is -2.52. The fraction of sp³-hybridized carbons (Fsp3) is 0.538. The molecule has 0 spiro atoms. The van der Waals surface area contributed by atoms with Crippen LogP contribution in [0.5, 0.6) is 0 Å². The van der Waals surface area contributed by atoms with Crippen molar-refractivity contribution < 1.29 is 4.79 Å². The Morgan fingerprint density at radius 2 is 2.22 bits per heavy atom. The summed E-state index contributed by atoms with van der Waals surface area (Å²) in [6.45, 7) is 6.43. The minimum absolute atomic E-state index is 0.269. The Hall–Kier alpha value is -1.62. The lowest BCUT2D eigenvalue weighted by atomic mass is 9.90. The quantitative estimate of drug-likeness (QED) is 0.725. The highest BCUT2D eigenvalue weighted by Crippen LogP contribution is 2.15. The fourth-order valence-corrected chi connectivity index (χ4v) is 2.02. The molecule has 5 heteroatoms. The van der Waals surface area contributed by atoms with Gasteiger partial charge in [-0.05, 0) is 25.3 Å². The second-order valence-electron chi connectivity index (χ2n) is 5.26. The lowest BCUT2D eigenvalue weighted by Gasteiger charge is -2.31. The van der Waals surface area contributed by atoms with Gasteiger partial charge in [0.2, 0.25) is 5.56 Å². The zero-order chi connectivity index (χ0) is 13.8. The third-order valence-corrected chi connectivity index (χ3v) is 2.76. The molecule has 1 unspecified atom stereocenters. The summed E-state index contributed by atoms with van der Waals surface area (Å²) in [5, 5.41) is 2.90. The maximum Gasteiger partial charge on any atom is 0.251 e. The Labute approximate surface area is 107 Å². The molecule has 0 aliphatic carbocycles. The number of carbonyl (C=O) groups is 1. The van der Waals surface area contributed by atoms with Gasteiger partial charge >= 0.3 is 0 Å². The lowest BCUT2D eigenvalue weighted by molar-refractivity contribution is 0.0898. The highest BCUT2D eigenvalue weighted by atomic mass is 16.2. The molecule has 0 aromatic carbocycles. The summed E-state index contributed by atoms with van der Waals surface area (Å²) in [7, 11) is 0. The summed E-state index contributed by atoms with van der Waals surface area (Å²) < 4.78 is 0. The highest BCUT2D eigenvalue weighted by Gasteiger charge is 2.26. The normalized spacial score (nSPS) is 14.3. The van der Waals surface area contributed by atoms with Gasteiger partial charge in [-0.1, -0.05) is 13.8 Å². The number of nitrogens with two attached hydrogens (primary N) is 1. The van der Waals surface area contributed by atoms with E-state index in [1.165, 1.54) is 12.3 Å². The molecule has 1 heterocycles. The van der Waals surface area contributed by atoms with Gasteiger partial charge in [0.15, 0.2) is 0 Å². The van der Waals surface area contributed by atoms with E-state index in [1.54, 1.807) is 6.07 Å². The third kappa shape index (κ3) is 4.00. The molecule has 5 nitrogen and oxygen atoms in total. The van der Waals surface area contributed by atoms with E-state index in [4.69, 9.17) is 5.73 Å². The molecular weight excluding hydrogens is 230 g/mol. The molecule has 1 amide bonds. The number of aromatic amines is 1. The molecule has 1 atom stereocenters. The summed E-state index contributed by atoms with van der Waals surface area (Å²) in [4.78, 5) is 25.7. The maximum atomic E-state index is 12.0. The highest BCUT2D eigenvalue weighted by molar-refractivity contribution is 5.94. The van der Waals surface area contributed by atoms with Gasteiger partial charge in [0.1, 0.15) is 0 Å². The maximum absolute atomic E-state index is 12.0. The molecular formula is C13H21N3O2. The van der Waals surface area contributed by atoms with E-state index in [0.29, 0.717) is 18.0 Å². The largest absolute Gasteiger partial charge is 0.346 e. The predicted octanol–water partition coefficient (Wildman–Crippen LogP) is 0.868. The number of hydrogen-bond acceptors (Lipinski definition) is 3. The Morgan fingerprint density at radius 1 is 1.56 bits per heavy atom. The number of amides is 1. The monoisotopic (exact) mass is 251 g/mol. The van der Waals surface area contributed by atoms with Crippen molar-refractivity contribution in [2.45, 2.75) is 32.7 Å². The Balaban J connectivity index is 2.82. The number of carbonyl (C=O) groups excluding carboxylic acids is 1. The van der Waals surface area contributed by atoms with Crippen molar-refractivity contribution in [3.8, 4) is 0 Å². The van der Waals surface area contributed by atoms with Gasteiger partial charge in [-0.3, -0.25) is 9.59 Å². The van der Waals surface area contributed by atoms with Crippen molar-refractivity contribution in [1.29, 1.82) is 0 Å². The Morgan fingerprint density at radius 3 is 2.72 bits per heavy atom. The van der Waals surface area contributed by atoms with Crippen LogP contribution in [0.25, 0.3) is 0 Å². The number of H-pyrrole nitrogens is 1. The molecule has 0 radical (unpaired) electrons. The van der Waals surface area contributed by atoms with Crippen molar-refractivity contribution in [2.24, 2.45) is 11.7 Å². The van der Waals surface area contributed by atoms with E-state index in [0.717, 1.165) is 6.42 Å². The second kappa shape index (κ2) is 5.82. The van der Waals surface area contributed by atoms with Crippen LogP contribution in [-0.2, 0) is 0 Å². The first kappa shape index (κ1) is 14.4. The first-order valence-electron chi connectivity index (χ1n) is 6.07. The van der Waals surface area contributed by atoms with Crippen molar-refractivity contribution in [1.82, 2.24) is 10.3 Å². The summed E-state index contributed by atoms with van der Waals surface area (Å²) in [6, 6.07) is 2.85. The van der Waals surface area contributed by atoms with Gasteiger partial charge in [0, 0.05) is 29.9 Å². The van der Waals surface area contributed by atoms with Crippen LogP contribution in [-0.4, -0.2) is 23.0 Å². The number of nitrogens with one attached hydrogen (secondary N) is 2. The fourth-order valence-electron chi connectivity index (χ4n) is 2.02. The molecule has 0 bridgehead atoms. The molecule has 0 aliphatic rings. The molecule has 0 saturated heterocycles. The number of aromatic nitrogens is 1. The first-order chi connectivity index (χ1) is 8.36. The van der Waals surface area contributed by atoms with Crippen LogP contribution in [0.2, 0.25) is 0 Å². The molecule has 4 N–H and O–H groups in total. The zero-order valence-electron chi connectivity index (χ0n) is 11.1. The minimum Gasteiger partial charge on any atom is -0.346 e. The molecule has 1 aromatic heterocycles. The molecule has 0 fully saturated rings. The van der Waals surface area contributed by atoms with Gasteiger partial charge < -0.3 is 16.0 Å². The van der Waals surface area contributed by atoms with Crippen LogP contribution in [0.15, 0.2) is 23.1 Å². The van der Waals surface area contributed by atoms with E-state index in [2.05, 4.69) is 24.1 Å². The first-order valence-corrected chi connectivity index (χ1v) is 6.07. The number of rotatable bonds is 5. The third-order valence-electron chi connectivity index (χ3n) is 2.76. The second-order valence-corrected chi connectivity index (χ2v) is 5.26. The van der Waals surface area contributed by atoms with Crippen LogP contribution in [0.4, 0.5) is 0 Å². The van der Waals surface area contributed by atoms with Crippen molar-refractivity contribution in [3.05, 3.63) is 34.2 Å². The van der Waals surface area contributed by atoms with Crippen LogP contribution < -0.4 is 16.6 Å². The van der Waals surface area contributed by atoms with Crippen molar-refractivity contribution in [2.75, 3.05) is 6.54 Å². The predicted molar refractivity (Wildman–Crippen MR) is 71.4 cm³/mol. The van der Waals surface area contributed by atoms with E-state index in [1.807, 2.05) is 6.92 Å². The molecule has 18 heavy (non-hydrogen) atoms. The molecule has 0 aliphatic heterocycles. The summed E-state index contributed by atoms with van der Waals surface area (Å²) in [5.74, 6) is 0.160. The Bertz CT molecular complexity index is 467. The molecule has 1 aromatic rings. The topological polar surface area (TPSA) is 88.0 Å². The average Bonchev–Trinajstić information content (AvgIpc) is 2.27. The van der Waals surface area contributed by atoms with Crippen LogP contribution >= 0.6 is 0 Å². The summed E-state index contributed by atoms with van der Waals surface area (Å²) >= 11 is 0. The smallest absolute Gasteiger partial charge is 0.251 e. The van der Waals surface area contributed by atoms with Crippen LogP contribution in [0, 0.1) is 5.92 Å². The Kier molecular flexibility index (Phi) is 4.67. The van der Waals surface area contributed by atoms with Crippen molar-refractivity contribution in [3.63, 3.8) is 0 Å². The molecule has 1 rings (SSSR count). The SMILES string of the molecule is CC(C)CC(C)(CN)NC(=O)c1cc[nH]c(=O)c1. The standard InChI is InChI=1S/C13H21N3O2/c1-9(2)7-13(3,8-14)16-12(18)10-4-5-15-11(17)6-10/h4-6,9H,7-8,14H2,1-3H3,(H,15,17)(H,16,18). The zero-order valence-corrected chi connectivity index (χ0v) is 11.1. The van der Waals surface area contributed by atoms with Crippen LogP contribution in [0.3, 0.4) is 0 Å². The number of pyridine rings is 1. The molecule has 100 valence electrons. The number of hydrogen-bond donors (Lipinski definition) is 3. The van der Waals surface area contributed by atoms with Gasteiger partial charge in [-0.25, -0.2) is 0 Å².